The lowest BCUT2D eigenvalue weighted by atomic mass is 10.0. The number of nitrogens with zero attached hydrogens (tertiary/aromatic N) is 2. The minimum atomic E-state index is -0.471. The Morgan fingerprint density at radius 3 is 2.22 bits per heavy atom. The van der Waals surface area contributed by atoms with Crippen LogP contribution in [0.3, 0.4) is 0 Å². The number of hydrogen-bond acceptors (Lipinski definition) is 5. The summed E-state index contributed by atoms with van der Waals surface area (Å²) in [6.45, 7) is 15.6. The average Bonchev–Trinajstić information content (AvgIpc) is 2.56. The van der Waals surface area contributed by atoms with E-state index < -0.39 is 5.60 Å². The highest BCUT2D eigenvalue weighted by molar-refractivity contribution is 14.0. The summed E-state index contributed by atoms with van der Waals surface area (Å²) in [5, 5.41) is 9.40. The zero-order valence-electron chi connectivity index (χ0n) is 17.7. The standard InChI is InChI=1S/C18H37N5O3.HI/c1-17(2,3)26-16(24)21-9-7-8-20-15(19-6)22-14-18(4,5)23-10-12-25-13-11-23;/h7-14H2,1-6H3,(H,21,24)(H2,19,20,22);1H. The molecule has 0 bridgehead atoms. The smallest absolute Gasteiger partial charge is 0.407 e. The van der Waals surface area contributed by atoms with Gasteiger partial charge < -0.3 is 25.4 Å². The molecule has 0 aromatic heterocycles. The van der Waals surface area contributed by atoms with Crippen LogP contribution >= 0.6 is 24.0 Å². The summed E-state index contributed by atoms with van der Waals surface area (Å²) in [4.78, 5) is 18.3. The van der Waals surface area contributed by atoms with E-state index in [-0.39, 0.29) is 35.6 Å². The predicted molar refractivity (Wildman–Crippen MR) is 120 cm³/mol. The molecule has 1 rings (SSSR count). The van der Waals surface area contributed by atoms with Crippen molar-refractivity contribution in [3.8, 4) is 0 Å². The third kappa shape index (κ3) is 11.6. The Morgan fingerprint density at radius 2 is 1.67 bits per heavy atom. The van der Waals surface area contributed by atoms with Crippen LogP contribution in [0.1, 0.15) is 41.0 Å². The van der Waals surface area contributed by atoms with Gasteiger partial charge in [0.2, 0.25) is 0 Å². The number of ether oxygens (including phenoxy) is 2. The molecule has 0 radical (unpaired) electrons. The van der Waals surface area contributed by atoms with Crippen LogP contribution in [-0.4, -0.2) is 81.1 Å². The minimum absolute atomic E-state index is 0. The maximum Gasteiger partial charge on any atom is 0.407 e. The molecule has 0 aromatic rings. The fourth-order valence-electron chi connectivity index (χ4n) is 2.60. The minimum Gasteiger partial charge on any atom is -0.444 e. The van der Waals surface area contributed by atoms with Crippen molar-refractivity contribution in [2.45, 2.75) is 52.2 Å². The molecule has 0 atom stereocenters. The van der Waals surface area contributed by atoms with Crippen LogP contribution in [0.25, 0.3) is 0 Å². The van der Waals surface area contributed by atoms with Crippen LogP contribution in [-0.2, 0) is 9.47 Å². The summed E-state index contributed by atoms with van der Waals surface area (Å²) >= 11 is 0. The zero-order chi connectivity index (χ0) is 19.6. The highest BCUT2D eigenvalue weighted by atomic mass is 127. The molecule has 27 heavy (non-hydrogen) atoms. The summed E-state index contributed by atoms with van der Waals surface area (Å²) in [5.74, 6) is 0.767. The van der Waals surface area contributed by atoms with E-state index in [9.17, 15) is 4.79 Å². The molecular weight excluding hydrogens is 461 g/mol. The van der Waals surface area contributed by atoms with Gasteiger partial charge >= 0.3 is 6.09 Å². The lowest BCUT2D eigenvalue weighted by Gasteiger charge is -2.41. The number of rotatable bonds is 7. The number of hydrogen-bond donors (Lipinski definition) is 3. The van der Waals surface area contributed by atoms with Crippen molar-refractivity contribution in [2.24, 2.45) is 4.99 Å². The lowest BCUT2D eigenvalue weighted by molar-refractivity contribution is -0.00833. The van der Waals surface area contributed by atoms with Crippen LogP contribution in [0.4, 0.5) is 4.79 Å². The van der Waals surface area contributed by atoms with Crippen LogP contribution < -0.4 is 16.0 Å². The largest absolute Gasteiger partial charge is 0.444 e. The Labute approximate surface area is 181 Å². The summed E-state index contributed by atoms with van der Waals surface area (Å²) in [6.07, 6.45) is 0.402. The van der Waals surface area contributed by atoms with E-state index in [1.807, 2.05) is 20.8 Å². The first-order valence-corrected chi connectivity index (χ1v) is 9.38. The Bertz CT molecular complexity index is 460. The van der Waals surface area contributed by atoms with Gasteiger partial charge in [-0.25, -0.2) is 4.79 Å². The maximum absolute atomic E-state index is 11.6. The number of morpholine rings is 1. The number of carbonyl (C=O) groups excluding carboxylic acids is 1. The normalized spacial score (nSPS) is 16.3. The van der Waals surface area contributed by atoms with Crippen molar-refractivity contribution in [3.05, 3.63) is 0 Å². The van der Waals surface area contributed by atoms with Gasteiger partial charge in [0.15, 0.2) is 5.96 Å². The van der Waals surface area contributed by atoms with Gasteiger partial charge in [0.25, 0.3) is 0 Å². The fraction of sp³-hybridized carbons (Fsp3) is 0.889. The Hall–Kier alpha value is -0.810. The second-order valence-electron chi connectivity index (χ2n) is 8.05. The summed E-state index contributed by atoms with van der Waals surface area (Å²) in [7, 11) is 1.76. The molecule has 1 fully saturated rings. The number of amides is 1. The van der Waals surface area contributed by atoms with E-state index in [2.05, 4.69) is 39.7 Å². The van der Waals surface area contributed by atoms with Gasteiger partial charge in [-0.15, -0.1) is 24.0 Å². The van der Waals surface area contributed by atoms with E-state index in [0.717, 1.165) is 45.2 Å². The van der Waals surface area contributed by atoms with Gasteiger partial charge in [-0.05, 0) is 41.0 Å². The average molecular weight is 499 g/mol. The fourth-order valence-corrected chi connectivity index (χ4v) is 2.60. The molecule has 0 saturated carbocycles. The molecule has 1 aliphatic heterocycles. The SMILES string of the molecule is CN=C(NCCCNC(=O)OC(C)(C)C)NCC(C)(C)N1CCOCC1.I. The molecule has 1 saturated heterocycles. The first kappa shape index (κ1) is 26.2. The molecule has 9 heteroatoms. The monoisotopic (exact) mass is 499 g/mol. The first-order chi connectivity index (χ1) is 12.1. The van der Waals surface area contributed by atoms with Crippen molar-refractivity contribution < 1.29 is 14.3 Å². The van der Waals surface area contributed by atoms with Crippen LogP contribution in [0.5, 0.6) is 0 Å². The van der Waals surface area contributed by atoms with E-state index in [1.165, 1.54) is 0 Å². The third-order valence-electron chi connectivity index (χ3n) is 4.09. The quantitative estimate of drug-likeness (QED) is 0.214. The van der Waals surface area contributed by atoms with Crippen LogP contribution in [0.2, 0.25) is 0 Å². The van der Waals surface area contributed by atoms with Crippen LogP contribution in [0.15, 0.2) is 4.99 Å². The molecule has 0 spiro atoms. The highest BCUT2D eigenvalue weighted by Gasteiger charge is 2.28. The second-order valence-corrected chi connectivity index (χ2v) is 8.05. The van der Waals surface area contributed by atoms with Crippen molar-refractivity contribution >= 4 is 36.0 Å². The number of alkyl carbamates (subject to hydrolysis) is 1. The van der Waals surface area contributed by atoms with Crippen LogP contribution in [0, 0.1) is 0 Å². The number of aliphatic imine (C=N–C) groups is 1. The van der Waals surface area contributed by atoms with Crippen molar-refractivity contribution in [1.82, 2.24) is 20.9 Å². The van der Waals surface area contributed by atoms with Gasteiger partial charge in [-0.3, -0.25) is 9.89 Å². The van der Waals surface area contributed by atoms with Gasteiger partial charge in [0.05, 0.1) is 13.2 Å². The van der Waals surface area contributed by atoms with E-state index in [4.69, 9.17) is 9.47 Å². The topological polar surface area (TPSA) is 87.2 Å². The molecule has 160 valence electrons. The Balaban J connectivity index is 0.00000676. The number of carbonyl (C=O) groups is 1. The number of guanidine groups is 1. The molecule has 0 unspecified atom stereocenters. The summed E-state index contributed by atoms with van der Waals surface area (Å²) in [6, 6.07) is 0. The zero-order valence-corrected chi connectivity index (χ0v) is 20.0. The Kier molecular flexibility index (Phi) is 12.2. The van der Waals surface area contributed by atoms with Crippen molar-refractivity contribution in [2.75, 3.05) is 53.0 Å². The highest BCUT2D eigenvalue weighted by Crippen LogP contribution is 2.14. The van der Waals surface area contributed by atoms with Gasteiger partial charge in [-0.1, -0.05) is 0 Å². The molecule has 8 nitrogen and oxygen atoms in total. The molecular formula is C18H38IN5O3. The van der Waals surface area contributed by atoms with Crippen molar-refractivity contribution in [3.63, 3.8) is 0 Å². The van der Waals surface area contributed by atoms with Gasteiger partial charge in [0, 0.05) is 45.3 Å². The molecule has 1 heterocycles. The molecule has 0 aromatic carbocycles. The van der Waals surface area contributed by atoms with Gasteiger partial charge in [-0.2, -0.15) is 0 Å². The molecule has 1 amide bonds. The first-order valence-electron chi connectivity index (χ1n) is 9.38. The number of halogens is 1. The lowest BCUT2D eigenvalue weighted by Crippen LogP contribution is -2.56. The molecule has 0 aliphatic carbocycles. The number of nitrogens with one attached hydrogen (secondary N) is 3. The third-order valence-corrected chi connectivity index (χ3v) is 4.09. The second kappa shape index (κ2) is 12.6. The van der Waals surface area contributed by atoms with Crippen molar-refractivity contribution in [1.29, 1.82) is 0 Å². The molecule has 1 aliphatic rings. The summed E-state index contributed by atoms with van der Waals surface area (Å²) in [5.41, 5.74) is -0.443. The van der Waals surface area contributed by atoms with E-state index in [1.54, 1.807) is 7.05 Å². The Morgan fingerprint density at radius 1 is 1.07 bits per heavy atom. The maximum atomic E-state index is 11.6. The summed E-state index contributed by atoms with van der Waals surface area (Å²) < 4.78 is 10.6. The van der Waals surface area contributed by atoms with Gasteiger partial charge in [0.1, 0.15) is 5.60 Å². The predicted octanol–water partition coefficient (Wildman–Crippen LogP) is 1.79. The van der Waals surface area contributed by atoms with E-state index >= 15 is 0 Å². The molecule has 3 N–H and O–H groups in total. The van der Waals surface area contributed by atoms with E-state index in [0.29, 0.717) is 13.1 Å².